The summed E-state index contributed by atoms with van der Waals surface area (Å²) in [6, 6.07) is 14.4. The fraction of sp³-hybridized carbons (Fsp3) is 0.389. The number of morpholine rings is 1. The van der Waals surface area contributed by atoms with Gasteiger partial charge in [0.25, 0.3) is 0 Å². The Labute approximate surface area is 131 Å². The number of hydrogen-bond acceptors (Lipinski definition) is 3. The SMILES string of the molecule is O=C(Cc1ccc2ccccc2c1)NCCN1CCOCC1. The molecule has 3 rings (SSSR count). The highest BCUT2D eigenvalue weighted by Crippen LogP contribution is 2.15. The first-order chi connectivity index (χ1) is 10.8. The lowest BCUT2D eigenvalue weighted by molar-refractivity contribution is -0.120. The summed E-state index contributed by atoms with van der Waals surface area (Å²) >= 11 is 0. The lowest BCUT2D eigenvalue weighted by Crippen LogP contribution is -2.41. The molecule has 1 amide bonds. The van der Waals surface area contributed by atoms with Gasteiger partial charge in [-0.15, -0.1) is 0 Å². The quantitative estimate of drug-likeness (QED) is 0.915. The average molecular weight is 298 g/mol. The molecule has 0 unspecified atom stereocenters. The van der Waals surface area contributed by atoms with E-state index in [9.17, 15) is 4.79 Å². The van der Waals surface area contributed by atoms with Crippen molar-refractivity contribution in [2.24, 2.45) is 0 Å². The third-order valence-electron chi connectivity index (χ3n) is 4.03. The van der Waals surface area contributed by atoms with Crippen LogP contribution in [0.4, 0.5) is 0 Å². The summed E-state index contributed by atoms with van der Waals surface area (Å²) in [5, 5.41) is 5.39. The van der Waals surface area contributed by atoms with Crippen LogP contribution in [0.15, 0.2) is 42.5 Å². The topological polar surface area (TPSA) is 41.6 Å². The molecule has 4 heteroatoms. The average Bonchev–Trinajstić information content (AvgIpc) is 2.56. The van der Waals surface area contributed by atoms with Gasteiger partial charge < -0.3 is 10.1 Å². The van der Waals surface area contributed by atoms with Crippen molar-refractivity contribution in [3.05, 3.63) is 48.0 Å². The molecule has 0 saturated carbocycles. The summed E-state index contributed by atoms with van der Waals surface area (Å²) in [4.78, 5) is 14.4. The maximum absolute atomic E-state index is 12.0. The minimum absolute atomic E-state index is 0.0866. The molecule has 0 aliphatic carbocycles. The van der Waals surface area contributed by atoms with E-state index in [2.05, 4.69) is 34.5 Å². The Bertz CT molecular complexity index is 636. The van der Waals surface area contributed by atoms with E-state index in [1.807, 2.05) is 18.2 Å². The number of amides is 1. The fourth-order valence-electron chi connectivity index (χ4n) is 2.77. The third kappa shape index (κ3) is 4.06. The van der Waals surface area contributed by atoms with Gasteiger partial charge in [0.2, 0.25) is 5.91 Å². The smallest absolute Gasteiger partial charge is 0.224 e. The van der Waals surface area contributed by atoms with E-state index in [1.54, 1.807) is 0 Å². The number of fused-ring (bicyclic) bond motifs is 1. The Morgan fingerprint density at radius 3 is 2.68 bits per heavy atom. The molecule has 0 spiro atoms. The molecular weight excluding hydrogens is 276 g/mol. The standard InChI is InChI=1S/C18H22N2O2/c21-18(19-7-8-20-9-11-22-12-10-20)14-15-5-6-16-3-1-2-4-17(16)13-15/h1-6,13H,7-12,14H2,(H,19,21). The van der Waals surface area contributed by atoms with E-state index in [4.69, 9.17) is 4.74 Å². The Morgan fingerprint density at radius 1 is 1.09 bits per heavy atom. The van der Waals surface area contributed by atoms with Crippen LogP contribution in [0.1, 0.15) is 5.56 Å². The zero-order valence-corrected chi connectivity index (χ0v) is 12.8. The van der Waals surface area contributed by atoms with Crippen LogP contribution in [0.25, 0.3) is 10.8 Å². The van der Waals surface area contributed by atoms with Crippen LogP contribution in [-0.2, 0) is 16.0 Å². The predicted octanol–water partition coefficient (Wildman–Crippen LogP) is 1.83. The monoisotopic (exact) mass is 298 g/mol. The third-order valence-corrected chi connectivity index (χ3v) is 4.03. The maximum atomic E-state index is 12.0. The van der Waals surface area contributed by atoms with Crippen LogP contribution in [0.5, 0.6) is 0 Å². The van der Waals surface area contributed by atoms with Gasteiger partial charge in [0.15, 0.2) is 0 Å². The molecule has 1 aliphatic heterocycles. The molecule has 22 heavy (non-hydrogen) atoms. The first-order valence-corrected chi connectivity index (χ1v) is 7.86. The molecule has 2 aromatic carbocycles. The Balaban J connectivity index is 1.47. The van der Waals surface area contributed by atoms with Crippen molar-refractivity contribution >= 4 is 16.7 Å². The minimum atomic E-state index is 0.0866. The van der Waals surface area contributed by atoms with Gasteiger partial charge in [0, 0.05) is 26.2 Å². The number of ether oxygens (including phenoxy) is 1. The van der Waals surface area contributed by atoms with E-state index in [0.29, 0.717) is 13.0 Å². The summed E-state index contributed by atoms with van der Waals surface area (Å²) in [5.41, 5.74) is 1.06. The molecule has 1 saturated heterocycles. The van der Waals surface area contributed by atoms with Crippen LogP contribution in [-0.4, -0.2) is 50.2 Å². The predicted molar refractivity (Wildman–Crippen MR) is 87.9 cm³/mol. The minimum Gasteiger partial charge on any atom is -0.379 e. The summed E-state index contributed by atoms with van der Waals surface area (Å²) in [7, 11) is 0. The molecule has 0 radical (unpaired) electrons. The zero-order valence-electron chi connectivity index (χ0n) is 12.8. The molecule has 1 N–H and O–H groups in total. The van der Waals surface area contributed by atoms with Crippen molar-refractivity contribution in [3.8, 4) is 0 Å². The largest absolute Gasteiger partial charge is 0.379 e. The number of nitrogens with zero attached hydrogens (tertiary/aromatic N) is 1. The second-order valence-corrected chi connectivity index (χ2v) is 5.66. The van der Waals surface area contributed by atoms with Crippen molar-refractivity contribution in [1.29, 1.82) is 0 Å². The Morgan fingerprint density at radius 2 is 1.86 bits per heavy atom. The van der Waals surface area contributed by atoms with Gasteiger partial charge >= 0.3 is 0 Å². The zero-order chi connectivity index (χ0) is 15.2. The number of nitrogens with one attached hydrogen (secondary N) is 1. The van der Waals surface area contributed by atoms with Crippen molar-refractivity contribution in [1.82, 2.24) is 10.2 Å². The van der Waals surface area contributed by atoms with Crippen LogP contribution in [0.3, 0.4) is 0 Å². The van der Waals surface area contributed by atoms with Crippen molar-refractivity contribution in [2.75, 3.05) is 39.4 Å². The normalized spacial score (nSPS) is 15.8. The summed E-state index contributed by atoms with van der Waals surface area (Å²) < 4.78 is 5.31. The van der Waals surface area contributed by atoms with E-state index < -0.39 is 0 Å². The van der Waals surface area contributed by atoms with Crippen molar-refractivity contribution in [3.63, 3.8) is 0 Å². The molecule has 0 bridgehead atoms. The first-order valence-electron chi connectivity index (χ1n) is 7.86. The van der Waals surface area contributed by atoms with Gasteiger partial charge in [-0.3, -0.25) is 9.69 Å². The van der Waals surface area contributed by atoms with E-state index >= 15 is 0 Å². The van der Waals surface area contributed by atoms with Crippen LogP contribution in [0, 0.1) is 0 Å². The van der Waals surface area contributed by atoms with Gasteiger partial charge in [-0.25, -0.2) is 0 Å². The highest BCUT2D eigenvalue weighted by Gasteiger charge is 2.10. The molecule has 0 aromatic heterocycles. The molecule has 0 atom stereocenters. The molecule has 2 aromatic rings. The molecular formula is C18H22N2O2. The van der Waals surface area contributed by atoms with E-state index in [0.717, 1.165) is 38.4 Å². The van der Waals surface area contributed by atoms with Crippen molar-refractivity contribution < 1.29 is 9.53 Å². The number of benzene rings is 2. The summed E-state index contributed by atoms with van der Waals surface area (Å²) in [6.45, 7) is 5.11. The van der Waals surface area contributed by atoms with Gasteiger partial charge in [0.1, 0.15) is 0 Å². The van der Waals surface area contributed by atoms with E-state index in [1.165, 1.54) is 10.8 Å². The first kappa shape index (κ1) is 15.0. The second-order valence-electron chi connectivity index (χ2n) is 5.66. The number of rotatable bonds is 5. The lowest BCUT2D eigenvalue weighted by atomic mass is 10.1. The van der Waals surface area contributed by atoms with Crippen LogP contribution >= 0.6 is 0 Å². The Hall–Kier alpha value is -1.91. The number of hydrogen-bond donors (Lipinski definition) is 1. The highest BCUT2D eigenvalue weighted by atomic mass is 16.5. The van der Waals surface area contributed by atoms with Gasteiger partial charge in [0.05, 0.1) is 19.6 Å². The number of carbonyl (C=O) groups is 1. The van der Waals surface area contributed by atoms with E-state index in [-0.39, 0.29) is 5.91 Å². The highest BCUT2D eigenvalue weighted by molar-refractivity contribution is 5.85. The van der Waals surface area contributed by atoms with Gasteiger partial charge in [-0.2, -0.15) is 0 Å². The molecule has 1 fully saturated rings. The van der Waals surface area contributed by atoms with Crippen molar-refractivity contribution in [2.45, 2.75) is 6.42 Å². The summed E-state index contributed by atoms with van der Waals surface area (Å²) in [6.07, 6.45) is 0.438. The van der Waals surface area contributed by atoms with Gasteiger partial charge in [-0.1, -0.05) is 42.5 Å². The molecule has 116 valence electrons. The fourth-order valence-corrected chi connectivity index (χ4v) is 2.77. The summed E-state index contributed by atoms with van der Waals surface area (Å²) in [5.74, 6) is 0.0866. The maximum Gasteiger partial charge on any atom is 0.224 e. The Kier molecular flexibility index (Phi) is 5.03. The van der Waals surface area contributed by atoms with Gasteiger partial charge in [-0.05, 0) is 16.3 Å². The molecule has 4 nitrogen and oxygen atoms in total. The lowest BCUT2D eigenvalue weighted by Gasteiger charge is -2.26. The van der Waals surface area contributed by atoms with Crippen LogP contribution in [0.2, 0.25) is 0 Å². The number of carbonyl (C=O) groups excluding carboxylic acids is 1. The van der Waals surface area contributed by atoms with Crippen LogP contribution < -0.4 is 5.32 Å². The molecule has 1 aliphatic rings. The molecule has 1 heterocycles. The second kappa shape index (κ2) is 7.38.